The van der Waals surface area contributed by atoms with Crippen molar-refractivity contribution in [1.82, 2.24) is 14.7 Å². The Hall–Kier alpha value is -1.89. The minimum Gasteiger partial charge on any atom is -0.377 e. The number of primary amides is 1. The number of hydrogen-bond acceptors (Lipinski definition) is 4. The molecular weight excluding hydrogens is 308 g/mol. The van der Waals surface area contributed by atoms with E-state index < -0.39 is 0 Å². The smallest absolute Gasteiger partial charge is 0.274 e. The first-order valence-corrected chi connectivity index (χ1v) is 8.82. The maximum atomic E-state index is 12.5. The van der Waals surface area contributed by atoms with Gasteiger partial charge >= 0.3 is 0 Å². The van der Waals surface area contributed by atoms with Gasteiger partial charge in [-0.15, -0.1) is 0 Å². The molecule has 1 aromatic heterocycles. The highest BCUT2D eigenvalue weighted by molar-refractivity contribution is 5.92. The van der Waals surface area contributed by atoms with Crippen LogP contribution in [0.5, 0.6) is 0 Å². The van der Waals surface area contributed by atoms with Gasteiger partial charge in [-0.1, -0.05) is 0 Å². The molecule has 0 radical (unpaired) electrons. The van der Waals surface area contributed by atoms with Crippen molar-refractivity contribution in [2.75, 3.05) is 19.7 Å². The zero-order valence-corrected chi connectivity index (χ0v) is 14.2. The molecule has 132 valence electrons. The molecule has 1 aromatic rings. The van der Waals surface area contributed by atoms with Crippen LogP contribution in [-0.2, 0) is 16.1 Å². The largest absolute Gasteiger partial charge is 0.377 e. The molecule has 0 aliphatic carbocycles. The summed E-state index contributed by atoms with van der Waals surface area (Å²) < 4.78 is 7.46. The van der Waals surface area contributed by atoms with Crippen LogP contribution < -0.4 is 5.73 Å². The average Bonchev–Trinajstić information content (AvgIpc) is 3.24. The van der Waals surface area contributed by atoms with Crippen LogP contribution in [0.2, 0.25) is 0 Å². The number of aromatic nitrogens is 2. The van der Waals surface area contributed by atoms with Gasteiger partial charge in [0, 0.05) is 32.4 Å². The van der Waals surface area contributed by atoms with E-state index in [9.17, 15) is 9.59 Å². The lowest BCUT2D eigenvalue weighted by Crippen LogP contribution is -2.40. The molecule has 24 heavy (non-hydrogen) atoms. The Balaban J connectivity index is 1.50. The predicted molar refractivity (Wildman–Crippen MR) is 88.2 cm³/mol. The SMILES string of the molecule is CCn1ccc(C(=O)N2CCC(C[C@H]3OCC[C@H]3C(N)=O)CC2)n1. The fourth-order valence-electron chi connectivity index (χ4n) is 3.72. The molecule has 3 rings (SSSR count). The molecule has 2 amide bonds. The number of piperidine rings is 1. The number of nitrogens with two attached hydrogens (primary N) is 1. The van der Waals surface area contributed by atoms with Gasteiger partial charge in [0.25, 0.3) is 5.91 Å². The third-order valence-electron chi connectivity index (χ3n) is 5.23. The molecule has 2 fully saturated rings. The van der Waals surface area contributed by atoms with Gasteiger partial charge in [-0.25, -0.2) is 0 Å². The zero-order valence-electron chi connectivity index (χ0n) is 14.2. The van der Waals surface area contributed by atoms with Crippen molar-refractivity contribution in [3.8, 4) is 0 Å². The highest BCUT2D eigenvalue weighted by atomic mass is 16.5. The van der Waals surface area contributed by atoms with Crippen LogP contribution in [-0.4, -0.2) is 52.3 Å². The molecule has 2 saturated heterocycles. The minimum absolute atomic E-state index is 0.00720. The maximum absolute atomic E-state index is 12.5. The fraction of sp³-hybridized carbons (Fsp3) is 0.706. The topological polar surface area (TPSA) is 90.5 Å². The first-order valence-electron chi connectivity index (χ1n) is 8.82. The van der Waals surface area contributed by atoms with Crippen molar-refractivity contribution in [2.45, 2.75) is 45.3 Å². The maximum Gasteiger partial charge on any atom is 0.274 e. The standard InChI is InChI=1S/C17H26N4O3/c1-2-21-9-5-14(19-21)17(23)20-7-3-12(4-8-20)11-15-13(16(18)22)6-10-24-15/h5,9,12-13,15H,2-4,6-8,10-11H2,1H3,(H2,18,22)/t13-,15-/m1/s1. The van der Waals surface area contributed by atoms with E-state index in [1.807, 2.05) is 18.0 Å². The van der Waals surface area contributed by atoms with Crippen molar-refractivity contribution in [1.29, 1.82) is 0 Å². The van der Waals surface area contributed by atoms with Crippen LogP contribution in [0.3, 0.4) is 0 Å². The molecule has 2 atom stereocenters. The summed E-state index contributed by atoms with van der Waals surface area (Å²) in [6, 6.07) is 1.78. The summed E-state index contributed by atoms with van der Waals surface area (Å²) in [5, 5.41) is 4.29. The van der Waals surface area contributed by atoms with Crippen molar-refractivity contribution in [3.63, 3.8) is 0 Å². The minimum atomic E-state index is -0.253. The third kappa shape index (κ3) is 3.61. The van der Waals surface area contributed by atoms with Gasteiger partial charge in [-0.05, 0) is 44.6 Å². The number of carbonyl (C=O) groups excluding carboxylic acids is 2. The second-order valence-corrected chi connectivity index (χ2v) is 6.73. The quantitative estimate of drug-likeness (QED) is 0.871. The molecule has 3 heterocycles. The van der Waals surface area contributed by atoms with Gasteiger partial charge in [0.1, 0.15) is 5.69 Å². The van der Waals surface area contributed by atoms with Gasteiger partial charge in [-0.2, -0.15) is 5.10 Å². The fourth-order valence-corrected chi connectivity index (χ4v) is 3.72. The van der Waals surface area contributed by atoms with Crippen molar-refractivity contribution >= 4 is 11.8 Å². The first-order chi connectivity index (χ1) is 11.6. The Bertz CT molecular complexity index is 592. The first kappa shape index (κ1) is 17.0. The van der Waals surface area contributed by atoms with E-state index in [4.69, 9.17) is 10.5 Å². The van der Waals surface area contributed by atoms with E-state index in [2.05, 4.69) is 5.10 Å². The second-order valence-electron chi connectivity index (χ2n) is 6.73. The highest BCUT2D eigenvalue weighted by Gasteiger charge is 2.35. The van der Waals surface area contributed by atoms with Crippen LogP contribution in [0.1, 0.15) is 43.1 Å². The Morgan fingerprint density at radius 3 is 2.71 bits per heavy atom. The van der Waals surface area contributed by atoms with E-state index in [1.165, 1.54) is 0 Å². The number of rotatable bonds is 5. The van der Waals surface area contributed by atoms with Gasteiger partial charge in [0.05, 0.1) is 12.0 Å². The molecule has 2 aliphatic rings. The molecule has 2 aliphatic heterocycles. The Morgan fingerprint density at radius 2 is 2.08 bits per heavy atom. The summed E-state index contributed by atoms with van der Waals surface area (Å²) in [6.45, 7) is 4.84. The van der Waals surface area contributed by atoms with E-state index >= 15 is 0 Å². The number of nitrogens with zero attached hydrogens (tertiary/aromatic N) is 3. The summed E-state index contributed by atoms with van der Waals surface area (Å²) in [6.07, 6.45) is 5.26. The van der Waals surface area contributed by atoms with E-state index in [-0.39, 0.29) is 23.8 Å². The molecule has 2 N–H and O–H groups in total. The Labute approximate surface area is 142 Å². The van der Waals surface area contributed by atoms with Crippen LogP contribution in [0.4, 0.5) is 0 Å². The molecule has 7 nitrogen and oxygen atoms in total. The Kier molecular flexibility index (Phi) is 5.18. The van der Waals surface area contributed by atoms with Crippen molar-refractivity contribution in [3.05, 3.63) is 18.0 Å². The van der Waals surface area contributed by atoms with Crippen LogP contribution in [0.15, 0.2) is 12.3 Å². The lowest BCUT2D eigenvalue weighted by molar-refractivity contribution is -0.123. The van der Waals surface area contributed by atoms with Crippen LogP contribution in [0, 0.1) is 11.8 Å². The third-order valence-corrected chi connectivity index (χ3v) is 5.23. The zero-order chi connectivity index (χ0) is 17.1. The van der Waals surface area contributed by atoms with Crippen molar-refractivity contribution in [2.24, 2.45) is 17.6 Å². The second kappa shape index (κ2) is 7.34. The van der Waals surface area contributed by atoms with Crippen molar-refractivity contribution < 1.29 is 14.3 Å². The number of likely N-dealkylation sites (tertiary alicyclic amines) is 1. The van der Waals surface area contributed by atoms with E-state index in [1.54, 1.807) is 10.7 Å². The van der Waals surface area contributed by atoms with Crippen LogP contribution in [0.25, 0.3) is 0 Å². The molecule has 7 heteroatoms. The van der Waals surface area contributed by atoms with Gasteiger partial charge in [0.2, 0.25) is 5.91 Å². The van der Waals surface area contributed by atoms with Gasteiger partial charge in [-0.3, -0.25) is 14.3 Å². The molecule has 0 spiro atoms. The monoisotopic (exact) mass is 334 g/mol. The molecule has 0 aromatic carbocycles. The van der Waals surface area contributed by atoms with Crippen LogP contribution >= 0.6 is 0 Å². The molecular formula is C17H26N4O3. The summed E-state index contributed by atoms with van der Waals surface area (Å²) in [5.41, 5.74) is 5.97. The summed E-state index contributed by atoms with van der Waals surface area (Å²) >= 11 is 0. The number of carbonyl (C=O) groups is 2. The number of hydrogen-bond donors (Lipinski definition) is 1. The number of amides is 2. The molecule has 0 bridgehead atoms. The predicted octanol–water partition coefficient (Wildman–Crippen LogP) is 1.04. The summed E-state index contributed by atoms with van der Waals surface area (Å²) in [7, 11) is 0. The molecule has 0 saturated carbocycles. The summed E-state index contributed by atoms with van der Waals surface area (Å²) in [4.78, 5) is 25.8. The van der Waals surface area contributed by atoms with Gasteiger partial charge < -0.3 is 15.4 Å². The van der Waals surface area contributed by atoms with E-state index in [0.29, 0.717) is 18.2 Å². The lowest BCUT2D eigenvalue weighted by atomic mass is 9.86. The molecule has 0 unspecified atom stereocenters. The average molecular weight is 334 g/mol. The highest BCUT2D eigenvalue weighted by Crippen LogP contribution is 2.30. The van der Waals surface area contributed by atoms with E-state index in [0.717, 1.165) is 45.3 Å². The number of ether oxygens (including phenoxy) is 1. The number of aryl methyl sites for hydroxylation is 1. The summed E-state index contributed by atoms with van der Waals surface area (Å²) in [5.74, 6) is 0.0827. The lowest BCUT2D eigenvalue weighted by Gasteiger charge is -2.33. The Morgan fingerprint density at radius 1 is 1.33 bits per heavy atom. The normalized spacial score (nSPS) is 25.1. The van der Waals surface area contributed by atoms with Gasteiger partial charge in [0.15, 0.2) is 0 Å².